The number of nitrogens with zero attached hydrogens (tertiary/aromatic N) is 1. The largest absolute Gasteiger partial charge is 0.466 e. The van der Waals surface area contributed by atoms with Crippen LogP contribution in [0.15, 0.2) is 73.1 Å². The number of sulfonamides is 1. The van der Waals surface area contributed by atoms with Crippen LogP contribution in [-0.2, 0) is 19.6 Å². The highest BCUT2D eigenvalue weighted by atomic mass is 32.2. The first-order valence-electron chi connectivity index (χ1n) is 10.2. The summed E-state index contributed by atoms with van der Waals surface area (Å²) in [6.45, 7) is 0. The van der Waals surface area contributed by atoms with Crippen molar-refractivity contribution >= 4 is 44.6 Å². The van der Waals surface area contributed by atoms with E-state index in [0.29, 0.717) is 27.8 Å². The van der Waals surface area contributed by atoms with E-state index in [0.717, 1.165) is 22.9 Å². The highest BCUT2D eigenvalue weighted by Crippen LogP contribution is 2.27. The molecule has 2 aromatic carbocycles. The van der Waals surface area contributed by atoms with Crippen LogP contribution in [0.2, 0.25) is 0 Å². The summed E-state index contributed by atoms with van der Waals surface area (Å²) in [4.78, 5) is 32.1. The molecular formula is C25H21N3O5S. The number of H-pyrrole nitrogens is 1. The topological polar surface area (TPSA) is 118 Å². The molecule has 0 spiro atoms. The summed E-state index contributed by atoms with van der Waals surface area (Å²) in [5.41, 5.74) is 4.09. The van der Waals surface area contributed by atoms with E-state index in [2.05, 4.69) is 19.4 Å². The van der Waals surface area contributed by atoms with Gasteiger partial charge in [0, 0.05) is 46.2 Å². The third-order valence-corrected chi connectivity index (χ3v) is 5.64. The molecular weight excluding hydrogens is 454 g/mol. The number of pyridine rings is 1. The van der Waals surface area contributed by atoms with Gasteiger partial charge >= 0.3 is 5.97 Å². The molecule has 0 aliphatic heterocycles. The molecule has 2 aromatic heterocycles. The van der Waals surface area contributed by atoms with Crippen LogP contribution in [0.3, 0.4) is 0 Å². The summed E-state index contributed by atoms with van der Waals surface area (Å²) in [6, 6.07) is 15.7. The molecule has 34 heavy (non-hydrogen) atoms. The number of methoxy groups -OCH3 is 1. The molecule has 0 bridgehead atoms. The Morgan fingerprint density at radius 2 is 1.85 bits per heavy atom. The zero-order chi connectivity index (χ0) is 24.3. The van der Waals surface area contributed by atoms with Gasteiger partial charge in [0.15, 0.2) is 5.78 Å². The van der Waals surface area contributed by atoms with Gasteiger partial charge in [0.05, 0.1) is 13.4 Å². The second kappa shape index (κ2) is 9.32. The van der Waals surface area contributed by atoms with Crippen molar-refractivity contribution in [2.45, 2.75) is 0 Å². The molecule has 4 rings (SSSR count). The van der Waals surface area contributed by atoms with Gasteiger partial charge in [-0.1, -0.05) is 30.3 Å². The number of benzene rings is 2. The van der Waals surface area contributed by atoms with E-state index >= 15 is 0 Å². The van der Waals surface area contributed by atoms with Crippen molar-refractivity contribution in [3.05, 3.63) is 89.8 Å². The highest BCUT2D eigenvalue weighted by Gasteiger charge is 2.17. The van der Waals surface area contributed by atoms with Crippen molar-refractivity contribution in [3.63, 3.8) is 0 Å². The summed E-state index contributed by atoms with van der Waals surface area (Å²) >= 11 is 0. The number of fused-ring (bicyclic) bond motifs is 1. The van der Waals surface area contributed by atoms with Gasteiger partial charge in [0.2, 0.25) is 10.0 Å². The van der Waals surface area contributed by atoms with Crippen molar-refractivity contribution in [2.24, 2.45) is 0 Å². The molecule has 0 fully saturated rings. The van der Waals surface area contributed by atoms with E-state index in [1.165, 1.54) is 19.3 Å². The maximum atomic E-state index is 13.2. The van der Waals surface area contributed by atoms with Crippen LogP contribution in [0.1, 0.15) is 21.5 Å². The Labute approximate surface area is 196 Å². The fraction of sp³-hybridized carbons (Fsp3) is 0.0800. The smallest absolute Gasteiger partial charge is 0.330 e. The van der Waals surface area contributed by atoms with Crippen LogP contribution in [-0.4, -0.2) is 43.5 Å². The van der Waals surface area contributed by atoms with Gasteiger partial charge in [-0.05, 0) is 41.5 Å². The first kappa shape index (κ1) is 22.9. The number of nitrogens with one attached hydrogen (secondary N) is 2. The maximum Gasteiger partial charge on any atom is 0.330 e. The predicted molar refractivity (Wildman–Crippen MR) is 131 cm³/mol. The van der Waals surface area contributed by atoms with E-state index in [1.807, 2.05) is 30.3 Å². The zero-order valence-electron chi connectivity index (χ0n) is 18.4. The lowest BCUT2D eigenvalue weighted by atomic mass is 10.00. The molecule has 8 nitrogen and oxygen atoms in total. The minimum atomic E-state index is -3.47. The first-order chi connectivity index (χ1) is 16.2. The summed E-state index contributed by atoms with van der Waals surface area (Å²) in [5.74, 6) is -0.711. The van der Waals surface area contributed by atoms with Gasteiger partial charge in [0.1, 0.15) is 5.65 Å². The molecule has 9 heteroatoms. The van der Waals surface area contributed by atoms with Crippen molar-refractivity contribution < 1.29 is 22.7 Å². The molecule has 0 radical (unpaired) electrons. The Bertz CT molecular complexity index is 1540. The number of carbonyl (C=O) groups excluding carboxylic acids is 2. The van der Waals surface area contributed by atoms with Crippen molar-refractivity contribution in [1.82, 2.24) is 9.97 Å². The summed E-state index contributed by atoms with van der Waals surface area (Å²) in [6.07, 6.45) is 7.34. The highest BCUT2D eigenvalue weighted by molar-refractivity contribution is 7.92. The second-order valence-corrected chi connectivity index (χ2v) is 9.34. The fourth-order valence-corrected chi connectivity index (χ4v) is 4.05. The number of ketones is 1. The SMILES string of the molecule is COC(=O)C=Cc1cccc(-c2cnc3[nH]cc(C(=O)c4cccc(NS(C)(=O)=O)c4)c3c2)c1. The van der Waals surface area contributed by atoms with Crippen molar-refractivity contribution in [3.8, 4) is 11.1 Å². The molecule has 4 aromatic rings. The lowest BCUT2D eigenvalue weighted by Gasteiger charge is -2.07. The van der Waals surface area contributed by atoms with Crippen LogP contribution < -0.4 is 4.72 Å². The van der Waals surface area contributed by atoms with Gasteiger partial charge in [-0.3, -0.25) is 9.52 Å². The van der Waals surface area contributed by atoms with Gasteiger partial charge in [0.25, 0.3) is 0 Å². The van der Waals surface area contributed by atoms with Gasteiger partial charge in [-0.25, -0.2) is 18.2 Å². The second-order valence-electron chi connectivity index (χ2n) is 7.59. The number of hydrogen-bond donors (Lipinski definition) is 2. The van der Waals surface area contributed by atoms with Gasteiger partial charge in [-0.15, -0.1) is 0 Å². The molecule has 0 aliphatic rings. The summed E-state index contributed by atoms with van der Waals surface area (Å²) in [5, 5.41) is 0.638. The number of ether oxygens (including phenoxy) is 1. The molecule has 2 heterocycles. The quantitative estimate of drug-likeness (QED) is 0.237. The number of aromatic nitrogens is 2. The number of hydrogen-bond acceptors (Lipinski definition) is 6. The average molecular weight is 476 g/mol. The molecule has 0 amide bonds. The van der Waals surface area contributed by atoms with Crippen LogP contribution in [0.4, 0.5) is 5.69 Å². The van der Waals surface area contributed by atoms with E-state index in [4.69, 9.17) is 0 Å². The third kappa shape index (κ3) is 5.21. The maximum absolute atomic E-state index is 13.2. The minimum Gasteiger partial charge on any atom is -0.466 e. The van der Waals surface area contributed by atoms with E-state index in [-0.39, 0.29) is 5.78 Å². The van der Waals surface area contributed by atoms with E-state index < -0.39 is 16.0 Å². The van der Waals surface area contributed by atoms with E-state index in [1.54, 1.807) is 36.7 Å². The molecule has 0 atom stereocenters. The molecule has 0 unspecified atom stereocenters. The lowest BCUT2D eigenvalue weighted by Crippen LogP contribution is -2.10. The monoisotopic (exact) mass is 475 g/mol. The lowest BCUT2D eigenvalue weighted by molar-refractivity contribution is -0.134. The number of rotatable bonds is 7. The molecule has 0 saturated heterocycles. The van der Waals surface area contributed by atoms with Crippen LogP contribution in [0.5, 0.6) is 0 Å². The Balaban J connectivity index is 1.69. The Kier molecular flexibility index (Phi) is 6.29. The normalized spacial score (nSPS) is 11.6. The van der Waals surface area contributed by atoms with Gasteiger partial charge < -0.3 is 9.72 Å². The summed E-state index contributed by atoms with van der Waals surface area (Å²) in [7, 11) is -2.15. The third-order valence-electron chi connectivity index (χ3n) is 5.04. The van der Waals surface area contributed by atoms with Crippen molar-refractivity contribution in [1.29, 1.82) is 0 Å². The minimum absolute atomic E-state index is 0.267. The number of anilines is 1. The van der Waals surface area contributed by atoms with Crippen LogP contribution in [0, 0.1) is 0 Å². The molecule has 0 aliphatic carbocycles. The molecule has 2 N–H and O–H groups in total. The Morgan fingerprint density at radius 3 is 2.62 bits per heavy atom. The number of aromatic amines is 1. The summed E-state index contributed by atoms with van der Waals surface area (Å²) < 4.78 is 30.1. The van der Waals surface area contributed by atoms with Gasteiger partial charge in [-0.2, -0.15) is 0 Å². The standard InChI is InChI=1S/C25H21N3O5S/c1-33-23(29)10-9-16-5-3-6-17(11-16)19-13-21-22(15-27-25(21)26-14-19)24(30)18-7-4-8-20(12-18)28-34(2,31)32/h3-15,28H,1-2H3,(H,26,27). The fourth-order valence-electron chi connectivity index (χ4n) is 3.50. The van der Waals surface area contributed by atoms with Crippen LogP contribution >= 0.6 is 0 Å². The molecule has 172 valence electrons. The van der Waals surface area contributed by atoms with Crippen molar-refractivity contribution in [2.75, 3.05) is 18.1 Å². The number of esters is 1. The number of carbonyl (C=O) groups is 2. The average Bonchev–Trinajstić information content (AvgIpc) is 3.24. The first-order valence-corrected chi connectivity index (χ1v) is 12.1. The van der Waals surface area contributed by atoms with Crippen LogP contribution in [0.25, 0.3) is 28.2 Å². The zero-order valence-corrected chi connectivity index (χ0v) is 19.2. The van der Waals surface area contributed by atoms with E-state index in [9.17, 15) is 18.0 Å². The Morgan fingerprint density at radius 1 is 1.06 bits per heavy atom. The predicted octanol–water partition coefficient (Wildman–Crippen LogP) is 4.02. The molecule has 0 saturated carbocycles. The Hall–Kier alpha value is -4.24.